The van der Waals surface area contributed by atoms with Crippen LogP contribution in [0.25, 0.3) is 0 Å². The lowest BCUT2D eigenvalue weighted by atomic mass is 10.2. The van der Waals surface area contributed by atoms with Crippen molar-refractivity contribution in [1.82, 2.24) is 0 Å². The van der Waals surface area contributed by atoms with Gasteiger partial charge in [-0.25, -0.2) is 8.78 Å². The predicted octanol–water partition coefficient (Wildman–Crippen LogP) is 1.59. The molecule has 1 rings (SSSR count). The molecule has 0 atom stereocenters. The van der Waals surface area contributed by atoms with E-state index in [0.29, 0.717) is 0 Å². The maximum absolute atomic E-state index is 12.6. The number of rotatable bonds is 1. The standard InChI is InChI=1S/C6H3F3N2O2/c7-2-1-3(11(12)13)4(8)5(9)6(2)10/h1H,10H2. The molecule has 13 heavy (non-hydrogen) atoms. The second-order valence-electron chi connectivity index (χ2n) is 2.18. The summed E-state index contributed by atoms with van der Waals surface area (Å²) in [5.41, 5.74) is 2.40. The molecule has 0 aliphatic heterocycles. The van der Waals surface area contributed by atoms with Crippen LogP contribution < -0.4 is 5.73 Å². The Balaban J connectivity index is 3.50. The zero-order valence-electron chi connectivity index (χ0n) is 6.05. The van der Waals surface area contributed by atoms with Crippen LogP contribution in [-0.4, -0.2) is 4.92 Å². The Morgan fingerprint density at radius 1 is 1.31 bits per heavy atom. The van der Waals surface area contributed by atoms with Gasteiger partial charge in [0.25, 0.3) is 0 Å². The van der Waals surface area contributed by atoms with Gasteiger partial charge in [0, 0.05) is 0 Å². The van der Waals surface area contributed by atoms with E-state index >= 15 is 0 Å². The number of hydrogen-bond acceptors (Lipinski definition) is 3. The highest BCUT2D eigenvalue weighted by Gasteiger charge is 2.23. The van der Waals surface area contributed by atoms with E-state index in [1.807, 2.05) is 0 Å². The first-order valence-electron chi connectivity index (χ1n) is 3.02. The Hall–Kier alpha value is -1.79. The van der Waals surface area contributed by atoms with Crippen molar-refractivity contribution in [3.63, 3.8) is 0 Å². The van der Waals surface area contributed by atoms with Gasteiger partial charge in [-0.05, 0) is 0 Å². The molecule has 1 aromatic carbocycles. The summed E-state index contributed by atoms with van der Waals surface area (Å²) in [6, 6.07) is 0.230. The molecule has 70 valence electrons. The SMILES string of the molecule is Nc1c(F)cc([N+](=O)[O-])c(F)c1F. The van der Waals surface area contributed by atoms with Crippen molar-refractivity contribution in [1.29, 1.82) is 0 Å². The van der Waals surface area contributed by atoms with E-state index in [9.17, 15) is 23.3 Å². The van der Waals surface area contributed by atoms with Crippen molar-refractivity contribution in [3.8, 4) is 0 Å². The third kappa shape index (κ3) is 1.40. The molecule has 0 aromatic heterocycles. The van der Waals surface area contributed by atoms with E-state index in [-0.39, 0.29) is 6.07 Å². The van der Waals surface area contributed by atoms with Crippen molar-refractivity contribution in [2.24, 2.45) is 0 Å². The lowest BCUT2D eigenvalue weighted by Gasteiger charge is -1.99. The fourth-order valence-electron chi connectivity index (χ4n) is 0.730. The average Bonchev–Trinajstić information content (AvgIpc) is 2.07. The van der Waals surface area contributed by atoms with Gasteiger partial charge >= 0.3 is 5.69 Å². The van der Waals surface area contributed by atoms with Crippen LogP contribution in [0, 0.1) is 27.6 Å². The Morgan fingerprint density at radius 3 is 2.31 bits per heavy atom. The molecule has 0 aliphatic carbocycles. The van der Waals surface area contributed by atoms with E-state index in [1.54, 1.807) is 0 Å². The molecule has 0 heterocycles. The first kappa shape index (κ1) is 9.30. The summed E-state index contributed by atoms with van der Waals surface area (Å²) in [6.45, 7) is 0. The number of hydrogen-bond donors (Lipinski definition) is 1. The Morgan fingerprint density at radius 2 is 1.85 bits per heavy atom. The summed E-state index contributed by atoms with van der Waals surface area (Å²) >= 11 is 0. The van der Waals surface area contributed by atoms with E-state index in [1.165, 1.54) is 0 Å². The van der Waals surface area contributed by atoms with Crippen molar-refractivity contribution < 1.29 is 18.1 Å². The van der Waals surface area contributed by atoms with Gasteiger partial charge in [0.2, 0.25) is 5.82 Å². The molecule has 0 fully saturated rings. The maximum Gasteiger partial charge on any atom is 0.310 e. The van der Waals surface area contributed by atoms with Gasteiger partial charge in [-0.3, -0.25) is 10.1 Å². The third-order valence-corrected chi connectivity index (χ3v) is 1.37. The molecule has 0 aliphatic rings. The minimum atomic E-state index is -1.76. The van der Waals surface area contributed by atoms with Crippen LogP contribution in [0.1, 0.15) is 0 Å². The summed E-state index contributed by atoms with van der Waals surface area (Å²) in [6.07, 6.45) is 0. The third-order valence-electron chi connectivity index (χ3n) is 1.37. The van der Waals surface area contributed by atoms with Crippen molar-refractivity contribution >= 4 is 11.4 Å². The van der Waals surface area contributed by atoms with Crippen molar-refractivity contribution in [3.05, 3.63) is 33.6 Å². The predicted molar refractivity (Wildman–Crippen MR) is 37.4 cm³/mol. The molecule has 0 spiro atoms. The number of nitro benzene ring substituents is 1. The highest BCUT2D eigenvalue weighted by molar-refractivity contribution is 5.49. The number of nitrogens with zero attached hydrogens (tertiary/aromatic N) is 1. The zero-order valence-corrected chi connectivity index (χ0v) is 6.05. The van der Waals surface area contributed by atoms with Crippen molar-refractivity contribution in [2.75, 3.05) is 5.73 Å². The van der Waals surface area contributed by atoms with Crippen LogP contribution >= 0.6 is 0 Å². The molecule has 0 unspecified atom stereocenters. The van der Waals surface area contributed by atoms with Gasteiger partial charge in [0.15, 0.2) is 11.6 Å². The summed E-state index contributed by atoms with van der Waals surface area (Å²) in [5.74, 6) is -4.86. The zero-order chi connectivity index (χ0) is 10.2. The molecule has 0 saturated carbocycles. The largest absolute Gasteiger partial charge is 0.394 e. The van der Waals surface area contributed by atoms with Crippen LogP contribution in [0.2, 0.25) is 0 Å². The average molecular weight is 192 g/mol. The first-order chi connectivity index (χ1) is 5.95. The van der Waals surface area contributed by atoms with E-state index in [2.05, 4.69) is 0 Å². The summed E-state index contributed by atoms with van der Waals surface area (Å²) < 4.78 is 37.7. The quantitative estimate of drug-likeness (QED) is 0.318. The maximum atomic E-state index is 12.6. The van der Waals surface area contributed by atoms with Gasteiger partial charge in [-0.15, -0.1) is 0 Å². The number of nitrogen functional groups attached to an aromatic ring is 1. The molecule has 4 nitrogen and oxygen atoms in total. The first-order valence-corrected chi connectivity index (χ1v) is 3.02. The summed E-state index contributed by atoms with van der Waals surface area (Å²) in [5, 5.41) is 10.0. The molecule has 7 heteroatoms. The monoisotopic (exact) mass is 192 g/mol. The fourth-order valence-corrected chi connectivity index (χ4v) is 0.730. The molecular weight excluding hydrogens is 189 g/mol. The van der Waals surface area contributed by atoms with Gasteiger partial charge in [-0.2, -0.15) is 4.39 Å². The molecule has 0 saturated heterocycles. The van der Waals surface area contributed by atoms with Gasteiger partial charge in [0.05, 0.1) is 11.0 Å². The van der Waals surface area contributed by atoms with Crippen LogP contribution in [-0.2, 0) is 0 Å². The second kappa shape index (κ2) is 2.92. The highest BCUT2D eigenvalue weighted by atomic mass is 19.2. The van der Waals surface area contributed by atoms with Crippen LogP contribution in [0.15, 0.2) is 6.07 Å². The second-order valence-corrected chi connectivity index (χ2v) is 2.18. The fraction of sp³-hybridized carbons (Fsp3) is 0. The smallest absolute Gasteiger partial charge is 0.310 e. The number of benzene rings is 1. The van der Waals surface area contributed by atoms with Crippen LogP contribution in [0.5, 0.6) is 0 Å². The minimum Gasteiger partial charge on any atom is -0.394 e. The molecule has 0 radical (unpaired) electrons. The summed E-state index contributed by atoms with van der Waals surface area (Å²) in [7, 11) is 0. The topological polar surface area (TPSA) is 69.2 Å². The van der Waals surface area contributed by atoms with Crippen molar-refractivity contribution in [2.45, 2.75) is 0 Å². The minimum absolute atomic E-state index is 0.230. The Labute approximate surface area is 69.9 Å². The van der Waals surface area contributed by atoms with E-state index in [0.717, 1.165) is 0 Å². The van der Waals surface area contributed by atoms with E-state index < -0.39 is 33.7 Å². The van der Waals surface area contributed by atoms with Gasteiger partial charge in [-0.1, -0.05) is 0 Å². The normalized spacial score (nSPS) is 10.1. The van der Waals surface area contributed by atoms with Gasteiger partial charge < -0.3 is 5.73 Å². The lowest BCUT2D eigenvalue weighted by molar-refractivity contribution is -0.388. The van der Waals surface area contributed by atoms with Gasteiger partial charge in [0.1, 0.15) is 5.69 Å². The van der Waals surface area contributed by atoms with Crippen LogP contribution in [0.3, 0.4) is 0 Å². The summed E-state index contributed by atoms with van der Waals surface area (Å²) in [4.78, 5) is 8.79. The van der Waals surface area contributed by atoms with Crippen LogP contribution in [0.4, 0.5) is 24.5 Å². The number of nitro groups is 1. The lowest BCUT2D eigenvalue weighted by Crippen LogP contribution is -2.03. The molecule has 1 aromatic rings. The Bertz CT molecular complexity index is 381. The number of nitrogens with two attached hydrogens (primary N) is 1. The number of halogens is 3. The molecule has 2 N–H and O–H groups in total. The van der Waals surface area contributed by atoms with E-state index in [4.69, 9.17) is 5.73 Å². The molecule has 0 amide bonds. The highest BCUT2D eigenvalue weighted by Crippen LogP contribution is 2.26. The molecule has 0 bridgehead atoms. The molecular formula is C6H3F3N2O2. The Kier molecular flexibility index (Phi) is 2.09. The number of anilines is 1.